The summed E-state index contributed by atoms with van der Waals surface area (Å²) in [7, 11) is 3.05. The van der Waals surface area contributed by atoms with E-state index in [-0.39, 0.29) is 18.1 Å². The first-order valence-corrected chi connectivity index (χ1v) is 9.25. The summed E-state index contributed by atoms with van der Waals surface area (Å²) in [5, 5.41) is 6.16. The predicted octanol–water partition coefficient (Wildman–Crippen LogP) is 3.55. The van der Waals surface area contributed by atoms with E-state index in [1.54, 1.807) is 7.11 Å². The minimum atomic E-state index is -0.365. The number of allylic oxidation sites excluding steroid dienone is 1. The van der Waals surface area contributed by atoms with E-state index in [1.807, 2.05) is 36.9 Å². The minimum Gasteiger partial charge on any atom is -0.466 e. The number of esters is 1. The van der Waals surface area contributed by atoms with Gasteiger partial charge in [0.25, 0.3) is 0 Å². The van der Waals surface area contributed by atoms with Gasteiger partial charge >= 0.3 is 5.97 Å². The van der Waals surface area contributed by atoms with Crippen molar-refractivity contribution in [1.29, 1.82) is 0 Å². The van der Waals surface area contributed by atoms with E-state index in [4.69, 9.17) is 21.7 Å². The number of hydrogen-bond acceptors (Lipinski definition) is 4. The Kier molecular flexibility index (Phi) is 5.77. The van der Waals surface area contributed by atoms with Crippen LogP contribution in [-0.4, -0.2) is 42.8 Å². The summed E-state index contributed by atoms with van der Waals surface area (Å²) < 4.78 is 10.4. The van der Waals surface area contributed by atoms with Crippen molar-refractivity contribution in [3.05, 3.63) is 59.3 Å². The molecule has 0 aromatic heterocycles. The lowest BCUT2D eigenvalue weighted by Crippen LogP contribution is -2.52. The Morgan fingerprint density at radius 3 is 2.59 bits per heavy atom. The van der Waals surface area contributed by atoms with Gasteiger partial charge in [-0.3, -0.25) is 0 Å². The maximum Gasteiger partial charge on any atom is 0.337 e. The SMILES string of the molecule is COC[C@@H](C)N1C(=S)N[C@H](c2ccc3ccccc3c2)C(C(=O)OC)=C1C. The normalized spacial score (nSPS) is 18.4. The van der Waals surface area contributed by atoms with Crippen LogP contribution < -0.4 is 5.32 Å². The number of benzene rings is 2. The fourth-order valence-corrected chi connectivity index (χ4v) is 4.05. The fraction of sp³-hybridized carbons (Fsp3) is 0.333. The number of nitrogens with one attached hydrogen (secondary N) is 1. The van der Waals surface area contributed by atoms with Crippen molar-refractivity contribution in [3.63, 3.8) is 0 Å². The van der Waals surface area contributed by atoms with Crippen molar-refractivity contribution in [3.8, 4) is 0 Å². The van der Waals surface area contributed by atoms with Crippen molar-refractivity contribution in [1.82, 2.24) is 10.2 Å². The fourth-order valence-electron chi connectivity index (χ4n) is 3.62. The minimum absolute atomic E-state index is 0.00721. The van der Waals surface area contributed by atoms with Crippen LogP contribution in [0.15, 0.2) is 53.7 Å². The molecule has 142 valence electrons. The highest BCUT2D eigenvalue weighted by molar-refractivity contribution is 7.80. The first-order valence-electron chi connectivity index (χ1n) is 8.84. The topological polar surface area (TPSA) is 50.8 Å². The highest BCUT2D eigenvalue weighted by Gasteiger charge is 2.36. The molecular formula is C21H24N2O3S. The third kappa shape index (κ3) is 3.68. The Bertz CT molecular complexity index is 909. The Balaban J connectivity index is 2.10. The summed E-state index contributed by atoms with van der Waals surface area (Å²) in [6.45, 7) is 4.40. The highest BCUT2D eigenvalue weighted by atomic mass is 32.1. The number of rotatable bonds is 5. The van der Waals surface area contributed by atoms with Crippen LogP contribution in [0.2, 0.25) is 0 Å². The van der Waals surface area contributed by atoms with E-state index in [0.29, 0.717) is 17.3 Å². The van der Waals surface area contributed by atoms with E-state index in [0.717, 1.165) is 22.0 Å². The molecule has 0 aliphatic carbocycles. The number of carbonyl (C=O) groups is 1. The number of hydrogen-bond donors (Lipinski definition) is 1. The van der Waals surface area contributed by atoms with Crippen LogP contribution in [-0.2, 0) is 14.3 Å². The summed E-state index contributed by atoms with van der Waals surface area (Å²) in [5.74, 6) is -0.365. The van der Waals surface area contributed by atoms with Gasteiger partial charge in [-0.1, -0.05) is 36.4 Å². The van der Waals surface area contributed by atoms with E-state index >= 15 is 0 Å². The first kappa shape index (κ1) is 19.3. The maximum absolute atomic E-state index is 12.6. The number of fused-ring (bicyclic) bond motifs is 1. The van der Waals surface area contributed by atoms with Gasteiger partial charge in [-0.2, -0.15) is 0 Å². The average molecular weight is 385 g/mol. The van der Waals surface area contributed by atoms with Gasteiger partial charge in [-0.15, -0.1) is 0 Å². The molecule has 2 aromatic rings. The molecule has 1 heterocycles. The summed E-state index contributed by atoms with van der Waals surface area (Å²) >= 11 is 5.62. The zero-order valence-electron chi connectivity index (χ0n) is 16.0. The summed E-state index contributed by atoms with van der Waals surface area (Å²) in [4.78, 5) is 14.6. The quantitative estimate of drug-likeness (QED) is 0.628. The molecule has 0 unspecified atom stereocenters. The molecule has 2 aromatic carbocycles. The van der Waals surface area contributed by atoms with Gasteiger partial charge < -0.3 is 19.7 Å². The van der Waals surface area contributed by atoms with Gasteiger partial charge in [0.1, 0.15) is 0 Å². The van der Waals surface area contributed by atoms with Gasteiger partial charge in [-0.25, -0.2) is 4.79 Å². The molecule has 2 atom stereocenters. The van der Waals surface area contributed by atoms with Crippen LogP contribution in [0, 0.1) is 0 Å². The smallest absolute Gasteiger partial charge is 0.337 e. The van der Waals surface area contributed by atoms with Gasteiger partial charge in [0.15, 0.2) is 5.11 Å². The highest BCUT2D eigenvalue weighted by Crippen LogP contribution is 2.33. The Labute approximate surface area is 164 Å². The van der Waals surface area contributed by atoms with Crippen LogP contribution in [0.5, 0.6) is 0 Å². The van der Waals surface area contributed by atoms with Gasteiger partial charge in [-0.05, 0) is 48.5 Å². The molecular weight excluding hydrogens is 360 g/mol. The predicted molar refractivity (Wildman–Crippen MR) is 110 cm³/mol. The number of nitrogens with zero attached hydrogens (tertiary/aromatic N) is 1. The lowest BCUT2D eigenvalue weighted by atomic mass is 9.93. The zero-order chi connectivity index (χ0) is 19.6. The van der Waals surface area contributed by atoms with Gasteiger partial charge in [0.05, 0.1) is 31.4 Å². The molecule has 27 heavy (non-hydrogen) atoms. The second-order valence-corrected chi connectivity index (χ2v) is 7.04. The lowest BCUT2D eigenvalue weighted by molar-refractivity contribution is -0.136. The molecule has 0 radical (unpaired) electrons. The third-order valence-electron chi connectivity index (χ3n) is 4.89. The number of ether oxygens (including phenoxy) is 2. The summed E-state index contributed by atoms with van der Waals surface area (Å²) in [5.41, 5.74) is 2.31. The molecule has 0 spiro atoms. The molecule has 1 aliphatic heterocycles. The maximum atomic E-state index is 12.6. The molecule has 0 saturated carbocycles. The van der Waals surface area contributed by atoms with E-state index in [1.165, 1.54) is 7.11 Å². The van der Waals surface area contributed by atoms with Crippen LogP contribution >= 0.6 is 12.2 Å². The van der Waals surface area contributed by atoms with Gasteiger partial charge in [0, 0.05) is 12.8 Å². The second-order valence-electron chi connectivity index (χ2n) is 6.65. The Hall–Kier alpha value is -2.44. The van der Waals surface area contributed by atoms with Crippen LogP contribution in [0.25, 0.3) is 10.8 Å². The number of methoxy groups -OCH3 is 2. The average Bonchev–Trinajstić information content (AvgIpc) is 2.66. The van der Waals surface area contributed by atoms with Crippen molar-refractivity contribution in [2.45, 2.75) is 25.9 Å². The molecule has 3 rings (SSSR count). The number of carbonyl (C=O) groups excluding carboxylic acids is 1. The number of thiocarbonyl (C=S) groups is 1. The molecule has 0 amide bonds. The largest absolute Gasteiger partial charge is 0.466 e. The summed E-state index contributed by atoms with van der Waals surface area (Å²) in [6.07, 6.45) is 0. The van der Waals surface area contributed by atoms with E-state index < -0.39 is 0 Å². The molecule has 0 fully saturated rings. The standard InChI is InChI=1S/C21H24N2O3S/c1-13(12-25-3)23-14(2)18(20(24)26-4)19(22-21(23)27)17-10-9-15-7-5-6-8-16(15)11-17/h5-11,13,19H,12H2,1-4H3,(H,22,27)/t13-,19-/m1/s1. The third-order valence-corrected chi connectivity index (χ3v) is 5.20. The van der Waals surface area contributed by atoms with Crippen molar-refractivity contribution >= 4 is 34.1 Å². The molecule has 6 heteroatoms. The monoisotopic (exact) mass is 384 g/mol. The zero-order valence-corrected chi connectivity index (χ0v) is 16.8. The van der Waals surface area contributed by atoms with Crippen molar-refractivity contribution < 1.29 is 14.3 Å². The van der Waals surface area contributed by atoms with Crippen molar-refractivity contribution in [2.75, 3.05) is 20.8 Å². The van der Waals surface area contributed by atoms with Crippen LogP contribution in [0.3, 0.4) is 0 Å². The van der Waals surface area contributed by atoms with Crippen LogP contribution in [0.1, 0.15) is 25.5 Å². The van der Waals surface area contributed by atoms with Crippen molar-refractivity contribution in [2.24, 2.45) is 0 Å². The molecule has 1 N–H and O–H groups in total. The Morgan fingerprint density at radius 2 is 1.93 bits per heavy atom. The van der Waals surface area contributed by atoms with Gasteiger partial charge in [0.2, 0.25) is 0 Å². The van der Waals surface area contributed by atoms with E-state index in [9.17, 15) is 4.79 Å². The Morgan fingerprint density at radius 1 is 1.22 bits per heavy atom. The lowest BCUT2D eigenvalue weighted by Gasteiger charge is -2.40. The summed E-state index contributed by atoms with van der Waals surface area (Å²) in [6, 6.07) is 13.9. The van der Waals surface area contributed by atoms with Crippen LogP contribution in [0.4, 0.5) is 0 Å². The molecule has 5 nitrogen and oxygen atoms in total. The first-order chi connectivity index (χ1) is 13.0. The van der Waals surface area contributed by atoms with E-state index in [2.05, 4.69) is 29.6 Å². The molecule has 0 saturated heterocycles. The molecule has 0 bridgehead atoms. The molecule has 1 aliphatic rings. The second kappa shape index (κ2) is 8.06.